The Morgan fingerprint density at radius 3 is 2.67 bits per heavy atom. The van der Waals surface area contributed by atoms with Gasteiger partial charge in [-0.1, -0.05) is 13.8 Å². The Kier molecular flexibility index (Phi) is 5.50. The first kappa shape index (κ1) is 15.7. The molecule has 0 saturated carbocycles. The zero-order valence-electron chi connectivity index (χ0n) is 13.1. The van der Waals surface area contributed by atoms with E-state index in [9.17, 15) is 0 Å². The first-order chi connectivity index (χ1) is 10.2. The van der Waals surface area contributed by atoms with E-state index >= 15 is 0 Å². The smallest absolute Gasteiger partial charge is 0.134 e. The molecule has 2 aromatic heterocycles. The van der Waals surface area contributed by atoms with Gasteiger partial charge in [0.2, 0.25) is 0 Å². The average Bonchev–Trinajstić information content (AvgIpc) is 3.01. The third-order valence-electron chi connectivity index (χ3n) is 3.35. The normalized spacial score (nSPS) is 12.2. The highest BCUT2D eigenvalue weighted by atomic mass is 32.1. The summed E-state index contributed by atoms with van der Waals surface area (Å²) >= 11 is 1.69. The Bertz CT molecular complexity index is 568. The number of nitrogens with one attached hydrogen (secondary N) is 2. The molecular formula is C15H23N5S. The number of rotatable bonds is 7. The number of thiazole rings is 1. The molecule has 1 unspecified atom stereocenters. The van der Waals surface area contributed by atoms with Crippen molar-refractivity contribution in [3.05, 3.63) is 28.0 Å². The lowest BCUT2D eigenvalue weighted by molar-refractivity contribution is 0.783. The molecule has 0 amide bonds. The van der Waals surface area contributed by atoms with Gasteiger partial charge in [0.15, 0.2) is 0 Å². The highest BCUT2D eigenvalue weighted by Gasteiger charge is 2.12. The van der Waals surface area contributed by atoms with Gasteiger partial charge in [-0.15, -0.1) is 11.3 Å². The Balaban J connectivity index is 2.12. The van der Waals surface area contributed by atoms with Crippen LogP contribution in [0.15, 0.2) is 11.6 Å². The van der Waals surface area contributed by atoms with Crippen molar-refractivity contribution in [2.24, 2.45) is 0 Å². The fraction of sp³-hybridized carbons (Fsp3) is 0.533. The average molecular weight is 305 g/mol. The topological polar surface area (TPSA) is 62.7 Å². The van der Waals surface area contributed by atoms with Crippen LogP contribution in [0.2, 0.25) is 0 Å². The zero-order chi connectivity index (χ0) is 15.2. The zero-order valence-corrected chi connectivity index (χ0v) is 13.9. The summed E-state index contributed by atoms with van der Waals surface area (Å²) in [6, 6.07) is 0. The van der Waals surface area contributed by atoms with Gasteiger partial charge in [0.1, 0.15) is 17.5 Å². The van der Waals surface area contributed by atoms with E-state index in [1.54, 1.807) is 11.3 Å². The summed E-state index contributed by atoms with van der Waals surface area (Å²) in [5, 5.41) is 9.76. The van der Waals surface area contributed by atoms with Crippen molar-refractivity contribution in [3.8, 4) is 0 Å². The fourth-order valence-corrected chi connectivity index (χ4v) is 2.83. The first-order valence-electron chi connectivity index (χ1n) is 7.34. The molecule has 2 aromatic rings. The number of aromatic nitrogens is 3. The van der Waals surface area contributed by atoms with Crippen LogP contribution in [-0.2, 0) is 6.42 Å². The summed E-state index contributed by atoms with van der Waals surface area (Å²) in [7, 11) is 1.90. The number of hydrogen-bond donors (Lipinski definition) is 2. The second kappa shape index (κ2) is 7.36. The highest BCUT2D eigenvalue weighted by molar-refractivity contribution is 7.09. The minimum absolute atomic E-state index is 0.368. The number of aryl methyl sites for hydroxylation is 1. The van der Waals surface area contributed by atoms with Crippen LogP contribution in [0.1, 0.15) is 42.6 Å². The predicted molar refractivity (Wildman–Crippen MR) is 89.3 cm³/mol. The van der Waals surface area contributed by atoms with Crippen LogP contribution in [-0.4, -0.2) is 28.5 Å². The minimum Gasteiger partial charge on any atom is -0.373 e. The molecule has 1 atom stereocenters. The fourth-order valence-electron chi connectivity index (χ4n) is 2.13. The van der Waals surface area contributed by atoms with Crippen molar-refractivity contribution in [1.82, 2.24) is 15.0 Å². The Morgan fingerprint density at radius 2 is 2.05 bits per heavy atom. The lowest BCUT2D eigenvalue weighted by Crippen LogP contribution is -2.14. The summed E-state index contributed by atoms with van der Waals surface area (Å²) in [5.74, 6) is 3.07. The van der Waals surface area contributed by atoms with Gasteiger partial charge in [0, 0.05) is 43.1 Å². The largest absolute Gasteiger partial charge is 0.373 e. The summed E-state index contributed by atoms with van der Waals surface area (Å²) < 4.78 is 0. The lowest BCUT2D eigenvalue weighted by atomic mass is 10.2. The molecule has 21 heavy (non-hydrogen) atoms. The molecule has 0 aromatic carbocycles. The quantitative estimate of drug-likeness (QED) is 0.820. The molecule has 0 spiro atoms. The molecule has 5 nitrogen and oxygen atoms in total. The van der Waals surface area contributed by atoms with Gasteiger partial charge in [-0.05, 0) is 13.3 Å². The molecule has 0 fully saturated rings. The van der Waals surface area contributed by atoms with Crippen molar-refractivity contribution in [3.63, 3.8) is 0 Å². The molecule has 114 valence electrons. The van der Waals surface area contributed by atoms with Crippen molar-refractivity contribution < 1.29 is 0 Å². The Morgan fingerprint density at radius 1 is 1.29 bits per heavy atom. The molecule has 2 rings (SSSR count). The molecule has 0 aliphatic heterocycles. The number of anilines is 2. The van der Waals surface area contributed by atoms with Crippen LogP contribution in [0, 0.1) is 6.92 Å². The summed E-state index contributed by atoms with van der Waals surface area (Å²) in [6.07, 6.45) is 3.79. The summed E-state index contributed by atoms with van der Waals surface area (Å²) in [5.41, 5.74) is 1.06. The Labute approximate surface area is 130 Å². The van der Waals surface area contributed by atoms with Crippen LogP contribution in [0.25, 0.3) is 0 Å². The van der Waals surface area contributed by atoms with Crippen LogP contribution in [0.5, 0.6) is 0 Å². The van der Waals surface area contributed by atoms with E-state index in [-0.39, 0.29) is 0 Å². The maximum absolute atomic E-state index is 4.64. The number of nitrogens with zero attached hydrogens (tertiary/aromatic N) is 3. The monoisotopic (exact) mass is 305 g/mol. The van der Waals surface area contributed by atoms with E-state index in [1.165, 1.54) is 0 Å². The molecule has 0 aliphatic carbocycles. The first-order valence-corrected chi connectivity index (χ1v) is 8.22. The minimum atomic E-state index is 0.368. The van der Waals surface area contributed by atoms with Gasteiger partial charge in [-0.2, -0.15) is 0 Å². The van der Waals surface area contributed by atoms with E-state index in [4.69, 9.17) is 0 Å². The standard InChI is InChI=1S/C15H23N5S/c1-5-6-12-19-13(16-4)11(3)14(20-12)18-9-10(2)15-17-7-8-21-15/h7-8,10H,5-6,9H2,1-4H3,(H2,16,18,19,20). The Hall–Kier alpha value is -1.69. The maximum Gasteiger partial charge on any atom is 0.134 e. The lowest BCUT2D eigenvalue weighted by Gasteiger charge is -2.15. The van der Waals surface area contributed by atoms with Crippen LogP contribution in [0.4, 0.5) is 11.6 Å². The second-order valence-corrected chi connectivity index (χ2v) is 6.04. The van der Waals surface area contributed by atoms with Gasteiger partial charge in [0.05, 0.1) is 5.01 Å². The van der Waals surface area contributed by atoms with Gasteiger partial charge >= 0.3 is 0 Å². The molecule has 2 heterocycles. The molecule has 2 N–H and O–H groups in total. The third-order valence-corrected chi connectivity index (χ3v) is 4.36. The van der Waals surface area contributed by atoms with Gasteiger partial charge in [-0.25, -0.2) is 15.0 Å². The van der Waals surface area contributed by atoms with E-state index < -0.39 is 0 Å². The molecule has 0 bridgehead atoms. The van der Waals surface area contributed by atoms with Crippen LogP contribution >= 0.6 is 11.3 Å². The van der Waals surface area contributed by atoms with Gasteiger partial charge in [-0.3, -0.25) is 0 Å². The van der Waals surface area contributed by atoms with E-state index in [0.29, 0.717) is 5.92 Å². The van der Waals surface area contributed by atoms with Crippen LogP contribution < -0.4 is 10.6 Å². The molecule has 6 heteroatoms. The molecule has 0 aliphatic rings. The SMILES string of the molecule is CCCc1nc(NC)c(C)c(NCC(C)c2nccs2)n1. The van der Waals surface area contributed by atoms with E-state index in [2.05, 4.69) is 39.4 Å². The van der Waals surface area contributed by atoms with Crippen molar-refractivity contribution in [2.75, 3.05) is 24.2 Å². The maximum atomic E-state index is 4.64. The molecule has 0 radical (unpaired) electrons. The van der Waals surface area contributed by atoms with Crippen molar-refractivity contribution in [2.45, 2.75) is 39.5 Å². The highest BCUT2D eigenvalue weighted by Crippen LogP contribution is 2.22. The number of hydrogen-bond acceptors (Lipinski definition) is 6. The van der Waals surface area contributed by atoms with Crippen LogP contribution in [0.3, 0.4) is 0 Å². The van der Waals surface area contributed by atoms with Crippen molar-refractivity contribution >= 4 is 23.0 Å². The molecular weight excluding hydrogens is 282 g/mol. The predicted octanol–water partition coefficient (Wildman–Crippen LogP) is 3.45. The summed E-state index contributed by atoms with van der Waals surface area (Å²) in [4.78, 5) is 13.6. The van der Waals surface area contributed by atoms with E-state index in [0.717, 1.165) is 47.4 Å². The van der Waals surface area contributed by atoms with Gasteiger partial charge in [0.25, 0.3) is 0 Å². The van der Waals surface area contributed by atoms with Crippen molar-refractivity contribution in [1.29, 1.82) is 0 Å². The summed E-state index contributed by atoms with van der Waals surface area (Å²) in [6.45, 7) is 7.17. The third kappa shape index (κ3) is 3.91. The van der Waals surface area contributed by atoms with Gasteiger partial charge < -0.3 is 10.6 Å². The van der Waals surface area contributed by atoms with E-state index in [1.807, 2.05) is 25.5 Å². The molecule has 0 saturated heterocycles. The second-order valence-electron chi connectivity index (χ2n) is 5.11.